The largest absolute Gasteiger partial charge is 0.507 e. The Balaban J connectivity index is 2.03. The van der Waals surface area contributed by atoms with Gasteiger partial charge in [0.2, 0.25) is 0 Å². The van der Waals surface area contributed by atoms with E-state index in [-0.39, 0.29) is 11.5 Å². The van der Waals surface area contributed by atoms with Gasteiger partial charge in [0.05, 0.1) is 6.33 Å². The topological polar surface area (TPSA) is 108 Å². The minimum Gasteiger partial charge on any atom is -0.507 e. The molecule has 0 aliphatic carbocycles. The predicted octanol–water partition coefficient (Wildman–Crippen LogP) is 2.19. The number of carbonyl (C=O) groups is 1. The molecule has 0 saturated heterocycles. The molecule has 27 heavy (non-hydrogen) atoms. The fraction of sp³-hybridized carbons (Fsp3) is 0.400. The van der Waals surface area contributed by atoms with Gasteiger partial charge in [-0.25, -0.2) is 4.98 Å². The van der Waals surface area contributed by atoms with E-state index >= 15 is 0 Å². The van der Waals surface area contributed by atoms with Crippen LogP contribution in [0.4, 0.5) is 0 Å². The Bertz CT molecular complexity index is 810. The van der Waals surface area contributed by atoms with E-state index in [1.54, 1.807) is 33.3 Å². The Morgan fingerprint density at radius 1 is 1.22 bits per heavy atom. The van der Waals surface area contributed by atoms with E-state index in [1.165, 1.54) is 19.1 Å². The number of nitrogens with one attached hydrogen (secondary N) is 1. The van der Waals surface area contributed by atoms with Crippen LogP contribution in [-0.2, 0) is 11.3 Å². The molecular formula is C20H27N3O4. The molecule has 0 fully saturated rings. The van der Waals surface area contributed by atoms with Crippen LogP contribution < -0.4 is 5.32 Å². The number of hydrogen-bond donors (Lipinski definition) is 4. The molecule has 146 valence electrons. The average molecular weight is 373 g/mol. The molecule has 0 spiro atoms. The first-order valence-corrected chi connectivity index (χ1v) is 8.82. The number of carbonyl (C=O) groups excluding carboxylic acids is 1. The van der Waals surface area contributed by atoms with Crippen molar-refractivity contribution >= 4 is 12.0 Å². The standard InChI is InChI=1S/C20H27N3O4/c1-13-14(2)18(25)16(15(3)17(13)24)6-7-20(4,27)19(26)22-8-5-10-23-11-9-21-12-23/h6-7,9,11-12,24-25,27H,5,8,10H2,1-4H3,(H,22,26). The highest BCUT2D eigenvalue weighted by molar-refractivity contribution is 5.88. The normalized spacial score (nSPS) is 13.7. The molecule has 7 nitrogen and oxygen atoms in total. The Labute approximate surface area is 159 Å². The lowest BCUT2D eigenvalue weighted by Gasteiger charge is -2.19. The van der Waals surface area contributed by atoms with Crippen LogP contribution in [0.2, 0.25) is 0 Å². The van der Waals surface area contributed by atoms with Crippen molar-refractivity contribution in [3.8, 4) is 11.5 Å². The first kappa shape index (κ1) is 20.5. The molecule has 1 amide bonds. The van der Waals surface area contributed by atoms with Gasteiger partial charge < -0.3 is 25.2 Å². The molecule has 0 bridgehead atoms. The summed E-state index contributed by atoms with van der Waals surface area (Å²) in [5.41, 5.74) is 0.278. The molecule has 2 rings (SSSR count). The number of benzene rings is 1. The third-order valence-electron chi connectivity index (χ3n) is 4.76. The second-order valence-electron chi connectivity index (χ2n) is 6.88. The maximum absolute atomic E-state index is 12.3. The maximum atomic E-state index is 12.3. The zero-order valence-electron chi connectivity index (χ0n) is 16.2. The Hall–Kier alpha value is -2.80. The molecule has 4 N–H and O–H groups in total. The number of rotatable bonds is 7. The van der Waals surface area contributed by atoms with Gasteiger partial charge in [-0.1, -0.05) is 6.08 Å². The number of nitrogens with zero attached hydrogens (tertiary/aromatic N) is 2. The highest BCUT2D eigenvalue weighted by atomic mass is 16.3. The van der Waals surface area contributed by atoms with E-state index in [4.69, 9.17) is 0 Å². The van der Waals surface area contributed by atoms with E-state index < -0.39 is 11.5 Å². The first-order valence-electron chi connectivity index (χ1n) is 8.82. The molecule has 1 aromatic carbocycles. The number of phenolic OH excluding ortho intramolecular Hbond substituents is 2. The number of hydrogen-bond acceptors (Lipinski definition) is 5. The summed E-state index contributed by atoms with van der Waals surface area (Å²) in [6.45, 7) is 7.60. The SMILES string of the molecule is Cc1c(C)c(O)c(C=CC(C)(O)C(=O)NCCCn2ccnc2)c(C)c1O. The van der Waals surface area contributed by atoms with Crippen molar-refractivity contribution in [2.75, 3.05) is 6.54 Å². The third kappa shape index (κ3) is 4.68. The van der Waals surface area contributed by atoms with Gasteiger partial charge in [0, 0.05) is 36.6 Å². The van der Waals surface area contributed by atoms with Crippen LogP contribution in [0.5, 0.6) is 11.5 Å². The molecule has 0 radical (unpaired) electrons. The first-order chi connectivity index (χ1) is 12.6. The maximum Gasteiger partial charge on any atom is 0.255 e. The summed E-state index contributed by atoms with van der Waals surface area (Å²) in [7, 11) is 0. The van der Waals surface area contributed by atoms with Gasteiger partial charge in [-0.3, -0.25) is 4.79 Å². The summed E-state index contributed by atoms with van der Waals surface area (Å²) in [5, 5.41) is 33.6. The summed E-state index contributed by atoms with van der Waals surface area (Å²) in [4.78, 5) is 16.2. The van der Waals surface area contributed by atoms with E-state index in [0.717, 1.165) is 0 Å². The molecule has 7 heteroatoms. The third-order valence-corrected chi connectivity index (χ3v) is 4.76. The minimum atomic E-state index is -1.75. The molecule has 0 aliphatic heterocycles. The molecule has 1 unspecified atom stereocenters. The van der Waals surface area contributed by atoms with Crippen LogP contribution in [0, 0.1) is 20.8 Å². The van der Waals surface area contributed by atoms with Crippen molar-refractivity contribution in [3.63, 3.8) is 0 Å². The molecule has 1 atom stereocenters. The summed E-state index contributed by atoms with van der Waals surface area (Å²) in [6.07, 6.45) is 8.71. The zero-order valence-corrected chi connectivity index (χ0v) is 16.2. The van der Waals surface area contributed by atoms with E-state index in [2.05, 4.69) is 10.3 Å². The van der Waals surface area contributed by atoms with Crippen LogP contribution in [0.25, 0.3) is 6.08 Å². The number of amides is 1. The average Bonchev–Trinajstić information content (AvgIpc) is 3.15. The van der Waals surface area contributed by atoms with Crippen molar-refractivity contribution in [1.82, 2.24) is 14.9 Å². The van der Waals surface area contributed by atoms with Gasteiger partial charge in [-0.15, -0.1) is 0 Å². The minimum absolute atomic E-state index is 0.0237. The number of aromatic nitrogens is 2. The van der Waals surface area contributed by atoms with E-state index in [9.17, 15) is 20.1 Å². The van der Waals surface area contributed by atoms with Crippen molar-refractivity contribution in [2.45, 2.75) is 46.3 Å². The number of imidazole rings is 1. The Morgan fingerprint density at radius 3 is 2.52 bits per heavy atom. The summed E-state index contributed by atoms with van der Waals surface area (Å²) in [5.74, 6) is -0.418. The van der Waals surface area contributed by atoms with Crippen LogP contribution >= 0.6 is 0 Å². The van der Waals surface area contributed by atoms with Gasteiger partial charge in [-0.2, -0.15) is 0 Å². The van der Waals surface area contributed by atoms with Crippen LogP contribution in [0.1, 0.15) is 35.6 Å². The zero-order chi connectivity index (χ0) is 20.2. The molecule has 0 saturated carbocycles. The predicted molar refractivity (Wildman–Crippen MR) is 103 cm³/mol. The molecular weight excluding hydrogens is 346 g/mol. The van der Waals surface area contributed by atoms with Gasteiger partial charge in [0.1, 0.15) is 11.5 Å². The van der Waals surface area contributed by atoms with Crippen molar-refractivity contribution in [3.05, 3.63) is 47.1 Å². The number of aryl methyl sites for hydroxylation is 1. The lowest BCUT2D eigenvalue weighted by molar-refractivity contribution is -0.133. The molecule has 1 aromatic heterocycles. The van der Waals surface area contributed by atoms with Gasteiger partial charge in [0.15, 0.2) is 5.60 Å². The van der Waals surface area contributed by atoms with Crippen molar-refractivity contribution in [1.29, 1.82) is 0 Å². The molecule has 0 aliphatic rings. The highest BCUT2D eigenvalue weighted by Crippen LogP contribution is 2.37. The van der Waals surface area contributed by atoms with Gasteiger partial charge in [0.25, 0.3) is 5.91 Å². The number of aromatic hydroxyl groups is 2. The molecule has 2 aromatic rings. The van der Waals surface area contributed by atoms with Gasteiger partial charge >= 0.3 is 0 Å². The van der Waals surface area contributed by atoms with E-state index in [1.807, 2.05) is 10.8 Å². The summed E-state index contributed by atoms with van der Waals surface area (Å²) in [6, 6.07) is 0. The monoisotopic (exact) mass is 373 g/mol. The van der Waals surface area contributed by atoms with Crippen molar-refractivity contribution in [2.24, 2.45) is 0 Å². The lowest BCUT2D eigenvalue weighted by atomic mass is 9.95. The second kappa shape index (κ2) is 8.26. The number of phenols is 2. The smallest absolute Gasteiger partial charge is 0.255 e. The van der Waals surface area contributed by atoms with Crippen LogP contribution in [0.15, 0.2) is 24.8 Å². The lowest BCUT2D eigenvalue weighted by Crippen LogP contribution is -2.43. The van der Waals surface area contributed by atoms with Crippen LogP contribution in [0.3, 0.4) is 0 Å². The number of aliphatic hydroxyl groups is 1. The Morgan fingerprint density at radius 2 is 1.89 bits per heavy atom. The van der Waals surface area contributed by atoms with E-state index in [0.29, 0.717) is 41.8 Å². The van der Waals surface area contributed by atoms with Crippen molar-refractivity contribution < 1.29 is 20.1 Å². The Kier molecular flexibility index (Phi) is 6.28. The summed E-state index contributed by atoms with van der Waals surface area (Å²) >= 11 is 0. The fourth-order valence-electron chi connectivity index (χ4n) is 2.73. The van der Waals surface area contributed by atoms with Gasteiger partial charge in [-0.05, 0) is 51.3 Å². The molecule has 1 heterocycles. The van der Waals surface area contributed by atoms with Crippen LogP contribution in [-0.4, -0.2) is 42.9 Å². The summed E-state index contributed by atoms with van der Waals surface area (Å²) < 4.78 is 1.90. The highest BCUT2D eigenvalue weighted by Gasteiger charge is 2.27. The fourth-order valence-corrected chi connectivity index (χ4v) is 2.73. The quantitative estimate of drug-likeness (QED) is 0.440. The second-order valence-corrected chi connectivity index (χ2v) is 6.88.